The van der Waals surface area contributed by atoms with Gasteiger partial charge in [-0.15, -0.1) is 24.0 Å². The maximum absolute atomic E-state index is 6.11. The molecule has 0 spiro atoms. The first-order valence-corrected chi connectivity index (χ1v) is 11.1. The van der Waals surface area contributed by atoms with Crippen LogP contribution >= 0.6 is 24.0 Å². The normalized spacial score (nSPS) is 16.2. The minimum absolute atomic E-state index is 0. The fraction of sp³-hybridized carbons (Fsp3) is 0.360. The van der Waals surface area contributed by atoms with E-state index in [1.165, 1.54) is 0 Å². The van der Waals surface area contributed by atoms with Gasteiger partial charge in [0.1, 0.15) is 18.5 Å². The average Bonchev–Trinajstić information content (AvgIpc) is 3.28. The third-order valence-electron chi connectivity index (χ3n) is 5.38. The highest BCUT2D eigenvalue weighted by atomic mass is 127. The van der Waals surface area contributed by atoms with Gasteiger partial charge in [0, 0.05) is 37.5 Å². The van der Waals surface area contributed by atoms with Crippen LogP contribution in [-0.4, -0.2) is 60.0 Å². The standard InChI is InChI=1S/C25H31N5O2.HI/c1-3-26-25(30-14-16-32-24(19-30)21-17-28-29(2)18-21)27-13-15-31-23-12-8-7-11-22(23)20-9-5-4-6-10-20;/h4-12,17-18,24H,3,13-16,19H2,1-2H3,(H,26,27);1H. The highest BCUT2D eigenvalue weighted by Gasteiger charge is 2.25. The third kappa shape index (κ3) is 6.70. The molecule has 1 fully saturated rings. The first-order valence-electron chi connectivity index (χ1n) is 11.1. The molecule has 2 aromatic carbocycles. The molecule has 1 unspecified atom stereocenters. The Balaban J connectivity index is 0.00000306. The number of rotatable bonds is 7. The Hall–Kier alpha value is -2.59. The molecule has 4 rings (SSSR count). The van der Waals surface area contributed by atoms with E-state index in [1.807, 2.05) is 60.5 Å². The number of halogens is 1. The van der Waals surface area contributed by atoms with E-state index < -0.39 is 0 Å². The van der Waals surface area contributed by atoms with Gasteiger partial charge >= 0.3 is 0 Å². The number of nitrogens with one attached hydrogen (secondary N) is 1. The number of para-hydroxylation sites is 1. The summed E-state index contributed by atoms with van der Waals surface area (Å²) in [4.78, 5) is 7.07. The molecule has 0 bridgehead atoms. The van der Waals surface area contributed by atoms with Crippen LogP contribution in [0.15, 0.2) is 72.0 Å². The van der Waals surface area contributed by atoms with E-state index in [0.29, 0.717) is 19.8 Å². The number of guanidine groups is 1. The Bertz CT molecular complexity index is 1020. The number of hydrogen-bond donors (Lipinski definition) is 1. The van der Waals surface area contributed by atoms with Crippen molar-refractivity contribution < 1.29 is 9.47 Å². The molecule has 1 N–H and O–H groups in total. The molecule has 0 radical (unpaired) electrons. The van der Waals surface area contributed by atoms with Gasteiger partial charge in [0.05, 0.1) is 25.9 Å². The molecule has 176 valence electrons. The summed E-state index contributed by atoms with van der Waals surface area (Å²) in [5.74, 6) is 1.77. The molecule has 8 heteroatoms. The molecule has 2 heterocycles. The number of aromatic nitrogens is 2. The van der Waals surface area contributed by atoms with Crippen LogP contribution in [0.5, 0.6) is 5.75 Å². The maximum Gasteiger partial charge on any atom is 0.194 e. The van der Waals surface area contributed by atoms with Crippen molar-refractivity contribution in [2.45, 2.75) is 13.0 Å². The lowest BCUT2D eigenvalue weighted by molar-refractivity contribution is -0.00805. The summed E-state index contributed by atoms with van der Waals surface area (Å²) in [5.41, 5.74) is 3.33. The Kier molecular flexibility index (Phi) is 9.56. The number of nitrogens with zero attached hydrogens (tertiary/aromatic N) is 4. The Morgan fingerprint density at radius 1 is 1.18 bits per heavy atom. The molecule has 0 amide bonds. The number of aliphatic imine (C=N–C) groups is 1. The highest BCUT2D eigenvalue weighted by Crippen LogP contribution is 2.29. The zero-order chi connectivity index (χ0) is 22.2. The number of hydrogen-bond acceptors (Lipinski definition) is 4. The molecular formula is C25H32IN5O2. The number of morpholine rings is 1. The van der Waals surface area contributed by atoms with Crippen LogP contribution < -0.4 is 10.1 Å². The fourth-order valence-electron chi connectivity index (χ4n) is 3.83. The Labute approximate surface area is 212 Å². The molecule has 1 saturated heterocycles. The smallest absolute Gasteiger partial charge is 0.194 e. The van der Waals surface area contributed by atoms with Crippen LogP contribution in [0.25, 0.3) is 11.1 Å². The van der Waals surface area contributed by atoms with Crippen LogP contribution in [0.1, 0.15) is 18.6 Å². The number of benzene rings is 2. The summed E-state index contributed by atoms with van der Waals surface area (Å²) in [7, 11) is 1.92. The molecule has 1 aliphatic heterocycles. The van der Waals surface area contributed by atoms with Gasteiger partial charge < -0.3 is 19.7 Å². The summed E-state index contributed by atoms with van der Waals surface area (Å²) in [6.07, 6.45) is 3.88. The minimum atomic E-state index is -0.00435. The van der Waals surface area contributed by atoms with Crippen molar-refractivity contribution in [3.05, 3.63) is 72.6 Å². The quantitative estimate of drug-likeness (QED) is 0.204. The summed E-state index contributed by atoms with van der Waals surface area (Å²) in [5, 5.41) is 7.68. The second-order valence-electron chi connectivity index (χ2n) is 7.70. The lowest BCUT2D eigenvalue weighted by Gasteiger charge is -2.34. The van der Waals surface area contributed by atoms with Crippen LogP contribution in [0.4, 0.5) is 0 Å². The fourth-order valence-corrected chi connectivity index (χ4v) is 3.83. The van der Waals surface area contributed by atoms with Crippen molar-refractivity contribution in [1.82, 2.24) is 20.0 Å². The van der Waals surface area contributed by atoms with E-state index in [9.17, 15) is 0 Å². The lowest BCUT2D eigenvalue weighted by Crippen LogP contribution is -2.48. The van der Waals surface area contributed by atoms with Crippen LogP contribution in [0.2, 0.25) is 0 Å². The second-order valence-corrected chi connectivity index (χ2v) is 7.70. The van der Waals surface area contributed by atoms with Gasteiger partial charge in [-0.05, 0) is 18.6 Å². The Morgan fingerprint density at radius 2 is 1.97 bits per heavy atom. The Morgan fingerprint density at radius 3 is 2.73 bits per heavy atom. The van der Waals surface area contributed by atoms with Crippen LogP contribution in [0.3, 0.4) is 0 Å². The van der Waals surface area contributed by atoms with E-state index in [4.69, 9.17) is 14.5 Å². The number of ether oxygens (including phenoxy) is 2. The second kappa shape index (κ2) is 12.6. The van der Waals surface area contributed by atoms with Crippen LogP contribution in [-0.2, 0) is 11.8 Å². The van der Waals surface area contributed by atoms with Gasteiger partial charge in [-0.3, -0.25) is 4.68 Å². The van der Waals surface area contributed by atoms with Gasteiger partial charge in [0.25, 0.3) is 0 Å². The van der Waals surface area contributed by atoms with Crippen molar-refractivity contribution in [2.24, 2.45) is 12.0 Å². The lowest BCUT2D eigenvalue weighted by atomic mass is 10.1. The van der Waals surface area contributed by atoms with Crippen molar-refractivity contribution >= 4 is 29.9 Å². The van der Waals surface area contributed by atoms with Crippen molar-refractivity contribution in [2.75, 3.05) is 39.4 Å². The first kappa shape index (κ1) is 25.0. The van der Waals surface area contributed by atoms with E-state index >= 15 is 0 Å². The largest absolute Gasteiger partial charge is 0.491 e. The van der Waals surface area contributed by atoms with E-state index in [1.54, 1.807) is 0 Å². The van der Waals surface area contributed by atoms with E-state index in [0.717, 1.165) is 48.0 Å². The highest BCUT2D eigenvalue weighted by molar-refractivity contribution is 14.0. The van der Waals surface area contributed by atoms with Gasteiger partial charge in [-0.2, -0.15) is 5.10 Å². The molecule has 0 aliphatic carbocycles. The van der Waals surface area contributed by atoms with Gasteiger partial charge in [0.15, 0.2) is 5.96 Å². The zero-order valence-electron chi connectivity index (χ0n) is 19.2. The molecule has 3 aromatic rings. The minimum Gasteiger partial charge on any atom is -0.491 e. The third-order valence-corrected chi connectivity index (χ3v) is 5.38. The first-order chi connectivity index (χ1) is 15.7. The molecule has 7 nitrogen and oxygen atoms in total. The summed E-state index contributed by atoms with van der Waals surface area (Å²) >= 11 is 0. The molecule has 0 saturated carbocycles. The predicted molar refractivity (Wildman–Crippen MR) is 142 cm³/mol. The van der Waals surface area contributed by atoms with E-state index in [-0.39, 0.29) is 30.1 Å². The molecule has 1 aliphatic rings. The molecule has 33 heavy (non-hydrogen) atoms. The number of aryl methyl sites for hydroxylation is 1. The maximum atomic E-state index is 6.11. The SMILES string of the molecule is CCNC(=NCCOc1ccccc1-c1ccccc1)N1CCOC(c2cnn(C)c2)C1.I. The molecule has 1 atom stereocenters. The summed E-state index contributed by atoms with van der Waals surface area (Å²) in [6, 6.07) is 18.4. The molecule has 1 aromatic heterocycles. The van der Waals surface area contributed by atoms with Crippen molar-refractivity contribution in [3.8, 4) is 16.9 Å². The van der Waals surface area contributed by atoms with Gasteiger partial charge in [-0.25, -0.2) is 4.99 Å². The van der Waals surface area contributed by atoms with Crippen molar-refractivity contribution in [1.29, 1.82) is 0 Å². The molecular weight excluding hydrogens is 529 g/mol. The van der Waals surface area contributed by atoms with Crippen molar-refractivity contribution in [3.63, 3.8) is 0 Å². The van der Waals surface area contributed by atoms with Crippen LogP contribution in [0, 0.1) is 0 Å². The average molecular weight is 561 g/mol. The predicted octanol–water partition coefficient (Wildman–Crippen LogP) is 4.12. The summed E-state index contributed by atoms with van der Waals surface area (Å²) in [6.45, 7) is 6.18. The zero-order valence-corrected chi connectivity index (χ0v) is 21.5. The van der Waals surface area contributed by atoms with Gasteiger partial charge in [-0.1, -0.05) is 48.5 Å². The topological polar surface area (TPSA) is 63.9 Å². The van der Waals surface area contributed by atoms with E-state index in [2.05, 4.69) is 40.4 Å². The van der Waals surface area contributed by atoms with Gasteiger partial charge in [0.2, 0.25) is 0 Å². The monoisotopic (exact) mass is 561 g/mol. The summed E-state index contributed by atoms with van der Waals surface area (Å²) < 4.78 is 13.9.